The molecule has 160 valence electrons. The normalized spacial score (nSPS) is 12.1. The second kappa shape index (κ2) is 8.17. The highest BCUT2D eigenvalue weighted by atomic mass is 32.2. The van der Waals surface area contributed by atoms with E-state index in [1.165, 1.54) is 24.3 Å². The van der Waals surface area contributed by atoms with Gasteiger partial charge in [0.15, 0.2) is 4.80 Å². The molecular formula is C17H13N5O7S2. The van der Waals surface area contributed by atoms with E-state index in [4.69, 9.17) is 5.14 Å². The maximum atomic E-state index is 12.7. The van der Waals surface area contributed by atoms with Crippen molar-refractivity contribution in [3.63, 3.8) is 0 Å². The smallest absolute Gasteiger partial charge is 0.280 e. The van der Waals surface area contributed by atoms with E-state index in [1.54, 1.807) is 4.57 Å². The van der Waals surface area contributed by atoms with Crippen LogP contribution >= 0.6 is 11.3 Å². The number of rotatable bonds is 6. The van der Waals surface area contributed by atoms with Gasteiger partial charge in [0.25, 0.3) is 17.3 Å². The molecule has 2 N–H and O–H groups in total. The first-order valence-corrected chi connectivity index (χ1v) is 10.7. The van der Waals surface area contributed by atoms with Crippen molar-refractivity contribution in [2.45, 2.75) is 11.4 Å². The largest absolute Gasteiger partial charge is 0.312 e. The van der Waals surface area contributed by atoms with Gasteiger partial charge in [0.2, 0.25) is 10.0 Å². The Kier molecular flexibility index (Phi) is 5.79. The summed E-state index contributed by atoms with van der Waals surface area (Å²) in [4.78, 5) is 37.0. The second-order valence-corrected chi connectivity index (χ2v) is 8.70. The van der Waals surface area contributed by atoms with Gasteiger partial charge in [-0.3, -0.25) is 25.0 Å². The summed E-state index contributed by atoms with van der Waals surface area (Å²) in [7, 11) is -3.95. The molecule has 0 bridgehead atoms. The summed E-state index contributed by atoms with van der Waals surface area (Å²) >= 11 is 0.978. The highest BCUT2D eigenvalue weighted by Gasteiger charge is 2.20. The Labute approximate surface area is 177 Å². The van der Waals surface area contributed by atoms with Crippen LogP contribution in [0.1, 0.15) is 10.4 Å². The van der Waals surface area contributed by atoms with E-state index in [0.29, 0.717) is 10.2 Å². The number of aromatic nitrogens is 1. The number of allylic oxidation sites excluding steroid dienone is 1. The molecule has 0 radical (unpaired) electrons. The molecule has 0 saturated carbocycles. The Hall–Kier alpha value is -3.75. The first kappa shape index (κ1) is 21.9. The molecule has 0 unspecified atom stereocenters. The van der Waals surface area contributed by atoms with Crippen LogP contribution in [0.15, 0.2) is 58.9 Å². The van der Waals surface area contributed by atoms with Crippen LogP contribution in [0.3, 0.4) is 0 Å². The van der Waals surface area contributed by atoms with Gasteiger partial charge in [0, 0.05) is 18.7 Å². The molecule has 0 spiro atoms. The third-order valence-electron chi connectivity index (χ3n) is 4.06. The molecule has 3 aromatic rings. The van der Waals surface area contributed by atoms with Gasteiger partial charge < -0.3 is 4.57 Å². The number of nitrogens with zero attached hydrogens (tertiary/aromatic N) is 4. The molecule has 0 atom stereocenters. The average molecular weight is 463 g/mol. The maximum Gasteiger partial charge on any atom is 0.280 e. The SMILES string of the molecule is C=CCn1c(=NC(=O)c2cc([N+](=O)[O-])cc([N+](=O)[O-])c2)sc2cc(S(N)(=O)=O)ccc21. The molecular weight excluding hydrogens is 450 g/mol. The summed E-state index contributed by atoms with van der Waals surface area (Å²) in [6.07, 6.45) is 1.53. The summed E-state index contributed by atoms with van der Waals surface area (Å²) < 4.78 is 25.2. The molecule has 14 heteroatoms. The van der Waals surface area contributed by atoms with Crippen molar-refractivity contribution >= 4 is 48.9 Å². The number of thiazole rings is 1. The third-order valence-corrected chi connectivity index (χ3v) is 6.01. The summed E-state index contributed by atoms with van der Waals surface area (Å²) in [6.45, 7) is 3.85. The first-order valence-electron chi connectivity index (χ1n) is 8.31. The fourth-order valence-corrected chi connectivity index (χ4v) is 4.39. The van der Waals surface area contributed by atoms with Crippen LogP contribution in [0.2, 0.25) is 0 Å². The fraction of sp³-hybridized carbons (Fsp3) is 0.0588. The second-order valence-electron chi connectivity index (χ2n) is 6.13. The zero-order valence-electron chi connectivity index (χ0n) is 15.5. The van der Waals surface area contributed by atoms with E-state index in [9.17, 15) is 33.4 Å². The highest BCUT2D eigenvalue weighted by Crippen LogP contribution is 2.24. The number of fused-ring (bicyclic) bond motifs is 1. The van der Waals surface area contributed by atoms with Crippen molar-refractivity contribution < 1.29 is 23.1 Å². The lowest BCUT2D eigenvalue weighted by atomic mass is 10.1. The number of nitro groups is 2. The summed E-state index contributed by atoms with van der Waals surface area (Å²) in [5, 5.41) is 27.2. The quantitative estimate of drug-likeness (QED) is 0.330. The minimum absolute atomic E-state index is 0.126. The van der Waals surface area contributed by atoms with Crippen LogP contribution < -0.4 is 9.94 Å². The fourth-order valence-electron chi connectivity index (χ4n) is 2.70. The molecule has 1 aromatic heterocycles. The Morgan fingerprint density at radius 2 is 1.77 bits per heavy atom. The Morgan fingerprint density at radius 1 is 1.16 bits per heavy atom. The number of amides is 1. The number of primary sulfonamides is 1. The summed E-state index contributed by atoms with van der Waals surface area (Å²) in [5.74, 6) is -0.942. The maximum absolute atomic E-state index is 12.7. The van der Waals surface area contributed by atoms with Crippen molar-refractivity contribution in [1.29, 1.82) is 0 Å². The minimum atomic E-state index is -3.95. The van der Waals surface area contributed by atoms with Gasteiger partial charge in [-0.1, -0.05) is 17.4 Å². The van der Waals surface area contributed by atoms with Gasteiger partial charge >= 0.3 is 0 Å². The van der Waals surface area contributed by atoms with Gasteiger partial charge in [-0.2, -0.15) is 4.99 Å². The van der Waals surface area contributed by atoms with Crippen LogP contribution in [-0.4, -0.2) is 28.7 Å². The van der Waals surface area contributed by atoms with E-state index in [2.05, 4.69) is 11.6 Å². The van der Waals surface area contributed by atoms with Crippen molar-refractivity contribution in [2.24, 2.45) is 10.1 Å². The zero-order valence-corrected chi connectivity index (χ0v) is 17.1. The van der Waals surface area contributed by atoms with E-state index in [1.807, 2.05) is 0 Å². The van der Waals surface area contributed by atoms with Crippen LogP contribution in [0.4, 0.5) is 11.4 Å². The number of non-ortho nitro benzene ring substituents is 2. The monoisotopic (exact) mass is 463 g/mol. The Balaban J connectivity index is 2.20. The molecule has 3 rings (SSSR count). The van der Waals surface area contributed by atoms with Crippen molar-refractivity contribution in [3.05, 3.63) is 79.6 Å². The average Bonchev–Trinajstić information content (AvgIpc) is 3.03. The van der Waals surface area contributed by atoms with E-state index >= 15 is 0 Å². The minimum Gasteiger partial charge on any atom is -0.312 e. The van der Waals surface area contributed by atoms with E-state index in [0.717, 1.165) is 29.5 Å². The van der Waals surface area contributed by atoms with Crippen molar-refractivity contribution in [1.82, 2.24) is 4.57 Å². The van der Waals surface area contributed by atoms with E-state index < -0.39 is 37.2 Å². The molecule has 0 aliphatic heterocycles. The van der Waals surface area contributed by atoms with Gasteiger partial charge in [-0.15, -0.1) is 6.58 Å². The number of benzene rings is 2. The van der Waals surface area contributed by atoms with Crippen LogP contribution in [-0.2, 0) is 16.6 Å². The van der Waals surface area contributed by atoms with Crippen LogP contribution in [0, 0.1) is 20.2 Å². The topological polar surface area (TPSA) is 181 Å². The molecule has 0 fully saturated rings. The number of nitro benzene ring substituents is 2. The number of nitrogens with two attached hydrogens (primary N) is 1. The van der Waals surface area contributed by atoms with Crippen LogP contribution in [0.5, 0.6) is 0 Å². The molecule has 12 nitrogen and oxygen atoms in total. The van der Waals surface area contributed by atoms with Crippen molar-refractivity contribution in [3.8, 4) is 0 Å². The number of hydrogen-bond donors (Lipinski definition) is 1. The number of carbonyl (C=O) groups excluding carboxylic acids is 1. The van der Waals surface area contributed by atoms with Crippen molar-refractivity contribution in [2.75, 3.05) is 0 Å². The number of sulfonamides is 1. The molecule has 0 saturated heterocycles. The lowest BCUT2D eigenvalue weighted by Gasteiger charge is -2.02. The van der Waals surface area contributed by atoms with Gasteiger partial charge in [-0.25, -0.2) is 13.6 Å². The Morgan fingerprint density at radius 3 is 2.29 bits per heavy atom. The van der Waals surface area contributed by atoms with Gasteiger partial charge in [-0.05, 0) is 18.2 Å². The lowest BCUT2D eigenvalue weighted by molar-refractivity contribution is -0.394. The number of carbonyl (C=O) groups is 1. The van der Waals surface area contributed by atoms with Crippen LogP contribution in [0.25, 0.3) is 10.2 Å². The molecule has 1 amide bonds. The summed E-state index contributed by atoms with van der Waals surface area (Å²) in [6, 6.07) is 6.65. The first-order chi connectivity index (χ1) is 14.5. The predicted molar refractivity (Wildman–Crippen MR) is 111 cm³/mol. The standard InChI is InChI=1S/C17H13N5O7S2/c1-2-5-20-14-4-3-13(31(18,28)29)9-15(14)30-17(20)19-16(23)10-6-11(21(24)25)8-12(7-10)22(26)27/h2-4,6-9H,1,5H2,(H2,18,28,29). The van der Waals surface area contributed by atoms with Gasteiger partial charge in [0.05, 0.1) is 36.6 Å². The predicted octanol–water partition coefficient (Wildman–Crippen LogP) is 2.09. The zero-order chi connectivity index (χ0) is 22.9. The molecule has 31 heavy (non-hydrogen) atoms. The van der Waals surface area contributed by atoms with Gasteiger partial charge in [0.1, 0.15) is 0 Å². The third kappa shape index (κ3) is 4.55. The molecule has 2 aromatic carbocycles. The Bertz CT molecular complexity index is 1400. The lowest BCUT2D eigenvalue weighted by Crippen LogP contribution is -2.16. The molecule has 0 aliphatic carbocycles. The summed E-state index contributed by atoms with van der Waals surface area (Å²) in [5.41, 5.74) is -1.04. The number of hydrogen-bond acceptors (Lipinski definition) is 8. The highest BCUT2D eigenvalue weighted by molar-refractivity contribution is 7.89. The molecule has 1 heterocycles. The molecule has 0 aliphatic rings. The van der Waals surface area contributed by atoms with E-state index in [-0.39, 0.29) is 21.8 Å².